The SMILES string of the molecule is COc1ccc(SC(C)C(=O)NCCOCC(=O)O)cc1. The highest BCUT2D eigenvalue weighted by molar-refractivity contribution is 8.00. The average Bonchev–Trinajstić information content (AvgIpc) is 2.47. The minimum absolute atomic E-state index is 0.116. The lowest BCUT2D eigenvalue weighted by molar-refractivity contribution is -0.142. The molecule has 1 aromatic rings. The normalized spacial score (nSPS) is 11.7. The van der Waals surface area contributed by atoms with Crippen LogP contribution in [-0.4, -0.2) is 49.1 Å². The van der Waals surface area contributed by atoms with Crippen LogP contribution in [0.1, 0.15) is 6.92 Å². The number of carbonyl (C=O) groups excluding carboxylic acids is 1. The van der Waals surface area contributed by atoms with Gasteiger partial charge in [-0.15, -0.1) is 11.8 Å². The maximum Gasteiger partial charge on any atom is 0.329 e. The van der Waals surface area contributed by atoms with Crippen molar-refractivity contribution in [3.8, 4) is 5.75 Å². The average molecular weight is 313 g/mol. The van der Waals surface area contributed by atoms with Crippen LogP contribution in [0.15, 0.2) is 29.2 Å². The van der Waals surface area contributed by atoms with Gasteiger partial charge >= 0.3 is 5.97 Å². The maximum atomic E-state index is 11.8. The number of rotatable bonds is 9. The summed E-state index contributed by atoms with van der Waals surface area (Å²) in [5, 5.41) is 10.8. The van der Waals surface area contributed by atoms with Crippen molar-refractivity contribution >= 4 is 23.6 Å². The van der Waals surface area contributed by atoms with Crippen molar-refractivity contribution in [3.05, 3.63) is 24.3 Å². The van der Waals surface area contributed by atoms with Crippen molar-refractivity contribution in [1.82, 2.24) is 5.32 Å². The van der Waals surface area contributed by atoms with Gasteiger partial charge in [-0.2, -0.15) is 0 Å². The second kappa shape index (κ2) is 9.25. The van der Waals surface area contributed by atoms with E-state index in [1.807, 2.05) is 31.2 Å². The highest BCUT2D eigenvalue weighted by Crippen LogP contribution is 2.25. The van der Waals surface area contributed by atoms with Crippen LogP contribution in [0.5, 0.6) is 5.75 Å². The van der Waals surface area contributed by atoms with Crippen LogP contribution in [0, 0.1) is 0 Å². The van der Waals surface area contributed by atoms with Gasteiger partial charge in [-0.25, -0.2) is 4.79 Å². The number of thioether (sulfide) groups is 1. The molecule has 0 fully saturated rings. The molecule has 6 nitrogen and oxygen atoms in total. The first kappa shape index (κ1) is 17.3. The van der Waals surface area contributed by atoms with E-state index in [-0.39, 0.29) is 24.4 Å². The number of amides is 1. The molecule has 7 heteroatoms. The Morgan fingerprint density at radius 2 is 2.00 bits per heavy atom. The molecule has 2 N–H and O–H groups in total. The highest BCUT2D eigenvalue weighted by atomic mass is 32.2. The first-order valence-electron chi connectivity index (χ1n) is 6.41. The predicted octanol–water partition coefficient (Wildman–Crippen LogP) is 1.39. The Bertz CT molecular complexity index is 463. The van der Waals surface area contributed by atoms with Crippen molar-refractivity contribution in [2.75, 3.05) is 26.9 Å². The number of benzene rings is 1. The topological polar surface area (TPSA) is 84.9 Å². The third-order valence-corrected chi connectivity index (χ3v) is 3.62. The predicted molar refractivity (Wildman–Crippen MR) is 79.8 cm³/mol. The zero-order chi connectivity index (χ0) is 15.7. The Hall–Kier alpha value is -1.73. The standard InChI is InChI=1S/C14H19NO5S/c1-10(14(18)15-7-8-20-9-13(16)17)21-12-5-3-11(19-2)4-6-12/h3-6,10H,7-9H2,1-2H3,(H,15,18)(H,16,17). The van der Waals surface area contributed by atoms with Crippen LogP contribution in [0.4, 0.5) is 0 Å². The molecule has 1 amide bonds. The summed E-state index contributed by atoms with van der Waals surface area (Å²) < 4.78 is 9.90. The van der Waals surface area contributed by atoms with E-state index in [2.05, 4.69) is 5.32 Å². The lowest BCUT2D eigenvalue weighted by Gasteiger charge is -2.12. The molecule has 0 heterocycles. The summed E-state index contributed by atoms with van der Waals surface area (Å²) in [4.78, 5) is 23.0. The largest absolute Gasteiger partial charge is 0.497 e. The van der Waals surface area contributed by atoms with Crippen LogP contribution in [0.2, 0.25) is 0 Å². The maximum absolute atomic E-state index is 11.8. The summed E-state index contributed by atoms with van der Waals surface area (Å²) in [5.41, 5.74) is 0. The zero-order valence-corrected chi connectivity index (χ0v) is 12.8. The molecule has 0 saturated carbocycles. The van der Waals surface area contributed by atoms with Crippen LogP contribution in [0.3, 0.4) is 0 Å². The van der Waals surface area contributed by atoms with Crippen LogP contribution in [0.25, 0.3) is 0 Å². The molecule has 0 aliphatic rings. The summed E-state index contributed by atoms with van der Waals surface area (Å²) >= 11 is 1.44. The number of carboxylic acids is 1. The fraction of sp³-hybridized carbons (Fsp3) is 0.429. The highest BCUT2D eigenvalue weighted by Gasteiger charge is 2.13. The number of carbonyl (C=O) groups is 2. The van der Waals surface area contributed by atoms with Gasteiger partial charge in [0.2, 0.25) is 5.91 Å². The molecule has 1 atom stereocenters. The quantitative estimate of drug-likeness (QED) is 0.529. The van der Waals surface area contributed by atoms with Crippen LogP contribution >= 0.6 is 11.8 Å². The lowest BCUT2D eigenvalue weighted by atomic mass is 10.3. The molecule has 0 aromatic heterocycles. The van der Waals surface area contributed by atoms with Crippen molar-refractivity contribution in [3.63, 3.8) is 0 Å². The minimum Gasteiger partial charge on any atom is -0.497 e. The van der Waals surface area contributed by atoms with Crippen molar-refractivity contribution in [2.45, 2.75) is 17.1 Å². The number of hydrogen-bond donors (Lipinski definition) is 2. The Labute approximate surface area is 127 Å². The Morgan fingerprint density at radius 1 is 1.33 bits per heavy atom. The van der Waals surface area contributed by atoms with Crippen molar-refractivity contribution < 1.29 is 24.2 Å². The van der Waals surface area contributed by atoms with Gasteiger partial charge < -0.3 is 19.9 Å². The van der Waals surface area contributed by atoms with E-state index in [4.69, 9.17) is 14.6 Å². The summed E-state index contributed by atoms with van der Waals surface area (Å²) in [5.74, 6) is -0.369. The first-order chi connectivity index (χ1) is 10.0. The number of hydrogen-bond acceptors (Lipinski definition) is 5. The van der Waals surface area contributed by atoms with Crippen LogP contribution in [-0.2, 0) is 14.3 Å². The van der Waals surface area contributed by atoms with E-state index in [1.54, 1.807) is 7.11 Å². The van der Waals surface area contributed by atoms with Gasteiger partial charge in [0.25, 0.3) is 0 Å². The number of aliphatic carboxylic acids is 1. The lowest BCUT2D eigenvalue weighted by Crippen LogP contribution is -2.33. The van der Waals surface area contributed by atoms with E-state index in [0.29, 0.717) is 6.54 Å². The molecule has 21 heavy (non-hydrogen) atoms. The summed E-state index contributed by atoms with van der Waals surface area (Å²) in [6, 6.07) is 7.46. The van der Waals surface area contributed by atoms with Gasteiger partial charge in [0.1, 0.15) is 12.4 Å². The Morgan fingerprint density at radius 3 is 2.57 bits per heavy atom. The number of methoxy groups -OCH3 is 1. The van der Waals surface area contributed by atoms with E-state index >= 15 is 0 Å². The summed E-state index contributed by atoms with van der Waals surface area (Å²) in [6.07, 6.45) is 0. The first-order valence-corrected chi connectivity index (χ1v) is 7.29. The molecular formula is C14H19NO5S. The summed E-state index contributed by atoms with van der Waals surface area (Å²) in [6.45, 7) is 1.92. The van der Waals surface area contributed by atoms with Gasteiger partial charge in [0.05, 0.1) is 19.0 Å². The molecule has 116 valence electrons. The number of carboxylic acid groups (broad SMARTS) is 1. The van der Waals surface area contributed by atoms with Gasteiger partial charge in [-0.1, -0.05) is 0 Å². The molecule has 1 rings (SSSR count). The Balaban J connectivity index is 2.28. The zero-order valence-electron chi connectivity index (χ0n) is 12.0. The fourth-order valence-corrected chi connectivity index (χ4v) is 2.35. The van der Waals surface area contributed by atoms with Gasteiger partial charge in [0, 0.05) is 11.4 Å². The van der Waals surface area contributed by atoms with Gasteiger partial charge in [-0.05, 0) is 31.2 Å². The monoisotopic (exact) mass is 313 g/mol. The molecule has 1 aromatic carbocycles. The molecule has 0 saturated heterocycles. The van der Waals surface area contributed by atoms with E-state index in [9.17, 15) is 9.59 Å². The van der Waals surface area contributed by atoms with Gasteiger partial charge in [-0.3, -0.25) is 4.79 Å². The molecule has 0 aliphatic carbocycles. The second-order valence-corrected chi connectivity index (χ2v) is 5.59. The smallest absolute Gasteiger partial charge is 0.329 e. The van der Waals surface area contributed by atoms with Crippen LogP contribution < -0.4 is 10.1 Å². The van der Waals surface area contributed by atoms with Crippen molar-refractivity contribution in [1.29, 1.82) is 0 Å². The Kier molecular flexibility index (Phi) is 7.63. The molecule has 0 radical (unpaired) electrons. The third kappa shape index (κ3) is 7.01. The molecular weight excluding hydrogens is 294 g/mol. The number of ether oxygens (including phenoxy) is 2. The molecule has 0 spiro atoms. The summed E-state index contributed by atoms with van der Waals surface area (Å²) in [7, 11) is 1.60. The van der Waals surface area contributed by atoms with Crippen molar-refractivity contribution in [2.24, 2.45) is 0 Å². The third-order valence-electron chi connectivity index (χ3n) is 2.51. The van der Waals surface area contributed by atoms with E-state index in [0.717, 1.165) is 10.6 Å². The fourth-order valence-electron chi connectivity index (χ4n) is 1.46. The molecule has 0 aliphatic heterocycles. The second-order valence-electron chi connectivity index (χ2n) is 4.17. The number of nitrogens with one attached hydrogen (secondary N) is 1. The van der Waals surface area contributed by atoms with E-state index in [1.165, 1.54) is 11.8 Å². The minimum atomic E-state index is -1.02. The van der Waals surface area contributed by atoms with Gasteiger partial charge in [0.15, 0.2) is 0 Å². The molecule has 1 unspecified atom stereocenters. The molecule has 0 bridgehead atoms. The van der Waals surface area contributed by atoms with E-state index < -0.39 is 5.97 Å².